The van der Waals surface area contributed by atoms with E-state index in [2.05, 4.69) is 17.3 Å². The highest BCUT2D eigenvalue weighted by atomic mass is 16.6. The summed E-state index contributed by atoms with van der Waals surface area (Å²) in [5.41, 5.74) is 0.424. The molecule has 5 aliphatic rings. The molecule has 1 aromatic rings. The number of carbonyl (C=O) groups is 2. The lowest BCUT2D eigenvalue weighted by atomic mass is 9.63. The van der Waals surface area contributed by atoms with Gasteiger partial charge in [0.05, 0.1) is 23.0 Å². The Kier molecular flexibility index (Phi) is 2.81. The van der Waals surface area contributed by atoms with Gasteiger partial charge in [0.2, 0.25) is 0 Å². The van der Waals surface area contributed by atoms with Crippen LogP contribution in [-0.4, -0.2) is 28.0 Å². The number of hydrogen-bond acceptors (Lipinski definition) is 5. The molecule has 0 aromatic heterocycles. The molecule has 1 saturated heterocycles. The largest absolute Gasteiger partial charge is 0.272 e. The summed E-state index contributed by atoms with van der Waals surface area (Å²) < 4.78 is 0. The lowest BCUT2D eigenvalue weighted by Crippen LogP contribution is -2.40. The standard InChI is InChI=1S/C18H15N3O4/c22-17-15-11-4-5-12(14-7-13(11)14)16(15)18(23)20(17)19-8-9-2-1-3-10(6-9)21(24)25/h1-6,8,11-16H,7H2/b19-8-/t11-,12-,13-,14-,15+,16+/m1/s1. The van der Waals surface area contributed by atoms with E-state index >= 15 is 0 Å². The fraction of sp³-hybridized carbons (Fsp3) is 0.389. The van der Waals surface area contributed by atoms with Crippen LogP contribution in [0.3, 0.4) is 0 Å². The van der Waals surface area contributed by atoms with Gasteiger partial charge in [0.1, 0.15) is 0 Å². The second-order valence-electron chi connectivity index (χ2n) is 7.24. The maximum Gasteiger partial charge on any atom is 0.270 e. The average molecular weight is 337 g/mol. The highest BCUT2D eigenvalue weighted by molar-refractivity contribution is 6.06. The quantitative estimate of drug-likeness (QED) is 0.277. The molecule has 7 nitrogen and oxygen atoms in total. The lowest BCUT2D eigenvalue weighted by Gasteiger charge is -2.37. The molecule has 7 heteroatoms. The van der Waals surface area contributed by atoms with Crippen LogP contribution in [0.4, 0.5) is 5.69 Å². The van der Waals surface area contributed by atoms with Gasteiger partial charge in [-0.2, -0.15) is 10.1 Å². The third-order valence-corrected chi connectivity index (χ3v) is 6.04. The minimum Gasteiger partial charge on any atom is -0.272 e. The fourth-order valence-corrected chi connectivity index (χ4v) is 4.90. The molecule has 0 radical (unpaired) electrons. The minimum atomic E-state index is -0.492. The number of carbonyl (C=O) groups excluding carboxylic acids is 2. The van der Waals surface area contributed by atoms with Crippen LogP contribution in [0.5, 0.6) is 0 Å². The van der Waals surface area contributed by atoms with Gasteiger partial charge in [-0.05, 0) is 30.1 Å². The van der Waals surface area contributed by atoms with E-state index in [0.717, 1.165) is 11.4 Å². The molecule has 6 atom stereocenters. The molecule has 1 aliphatic heterocycles. The van der Waals surface area contributed by atoms with Gasteiger partial charge in [-0.3, -0.25) is 19.7 Å². The Morgan fingerprint density at radius 1 is 1.12 bits per heavy atom. The Morgan fingerprint density at radius 2 is 1.76 bits per heavy atom. The number of allylic oxidation sites excluding steroid dienone is 2. The third-order valence-electron chi connectivity index (χ3n) is 6.04. The summed E-state index contributed by atoms with van der Waals surface area (Å²) in [4.78, 5) is 35.8. The lowest BCUT2D eigenvalue weighted by molar-refractivity contribution is -0.384. The summed E-state index contributed by atoms with van der Waals surface area (Å²) in [6, 6.07) is 5.94. The first-order chi connectivity index (χ1) is 12.1. The molecule has 0 N–H and O–H groups in total. The zero-order valence-electron chi connectivity index (χ0n) is 13.2. The van der Waals surface area contributed by atoms with Crippen LogP contribution in [0.2, 0.25) is 0 Å². The van der Waals surface area contributed by atoms with Gasteiger partial charge < -0.3 is 0 Å². The second kappa shape index (κ2) is 4.84. The first kappa shape index (κ1) is 14.5. The minimum absolute atomic E-state index is 0.0565. The second-order valence-corrected chi connectivity index (χ2v) is 7.24. The zero-order valence-corrected chi connectivity index (χ0v) is 13.2. The molecule has 2 saturated carbocycles. The Hall–Kier alpha value is -2.83. The Balaban J connectivity index is 1.43. The van der Waals surface area contributed by atoms with Crippen molar-refractivity contribution in [3.8, 4) is 0 Å². The van der Waals surface area contributed by atoms with Crippen molar-refractivity contribution in [1.82, 2.24) is 5.01 Å². The number of hydrazone groups is 1. The molecular weight excluding hydrogens is 322 g/mol. The predicted octanol–water partition coefficient (Wildman–Crippen LogP) is 1.98. The van der Waals surface area contributed by atoms with Crippen molar-refractivity contribution in [2.24, 2.45) is 40.6 Å². The molecule has 25 heavy (non-hydrogen) atoms. The van der Waals surface area contributed by atoms with E-state index in [9.17, 15) is 19.7 Å². The van der Waals surface area contributed by atoms with Gasteiger partial charge in [0.25, 0.3) is 17.5 Å². The molecule has 4 aliphatic carbocycles. The van der Waals surface area contributed by atoms with E-state index in [0.29, 0.717) is 17.4 Å². The molecule has 0 unspecified atom stereocenters. The zero-order chi connectivity index (χ0) is 17.3. The fourth-order valence-electron chi connectivity index (χ4n) is 4.90. The number of imide groups is 1. The number of amides is 2. The van der Waals surface area contributed by atoms with E-state index in [4.69, 9.17) is 0 Å². The highest BCUT2D eigenvalue weighted by Gasteiger charge is 2.67. The van der Waals surface area contributed by atoms with E-state index in [1.54, 1.807) is 12.1 Å². The van der Waals surface area contributed by atoms with Crippen molar-refractivity contribution in [3.05, 3.63) is 52.1 Å². The monoisotopic (exact) mass is 337 g/mol. The van der Waals surface area contributed by atoms with Crippen LogP contribution in [0.1, 0.15) is 12.0 Å². The third kappa shape index (κ3) is 1.95. The van der Waals surface area contributed by atoms with Crippen LogP contribution in [0, 0.1) is 45.6 Å². The molecule has 0 spiro atoms. The normalized spacial score (nSPS) is 37.5. The molecule has 3 fully saturated rings. The van der Waals surface area contributed by atoms with Gasteiger partial charge in [-0.15, -0.1) is 0 Å². The molecule has 1 heterocycles. The number of nitrogens with zero attached hydrogens (tertiary/aromatic N) is 3. The van der Waals surface area contributed by atoms with Gasteiger partial charge in [0.15, 0.2) is 0 Å². The van der Waals surface area contributed by atoms with Crippen molar-refractivity contribution in [2.45, 2.75) is 6.42 Å². The highest BCUT2D eigenvalue weighted by Crippen LogP contribution is 2.65. The molecule has 1 aromatic carbocycles. The van der Waals surface area contributed by atoms with Crippen molar-refractivity contribution in [3.63, 3.8) is 0 Å². The van der Waals surface area contributed by atoms with Crippen molar-refractivity contribution < 1.29 is 14.5 Å². The van der Waals surface area contributed by atoms with Gasteiger partial charge >= 0.3 is 0 Å². The summed E-state index contributed by atoms with van der Waals surface area (Å²) in [6.07, 6.45) is 6.68. The van der Waals surface area contributed by atoms with Crippen molar-refractivity contribution >= 4 is 23.7 Å². The molecule has 2 amide bonds. The average Bonchev–Trinajstić information content (AvgIpc) is 3.39. The number of benzene rings is 1. The van der Waals surface area contributed by atoms with Crippen molar-refractivity contribution in [1.29, 1.82) is 0 Å². The Morgan fingerprint density at radius 3 is 2.36 bits per heavy atom. The van der Waals surface area contributed by atoms with E-state index in [-0.39, 0.29) is 41.2 Å². The smallest absolute Gasteiger partial charge is 0.270 e. The molecule has 2 bridgehead atoms. The van der Waals surface area contributed by atoms with Crippen LogP contribution in [-0.2, 0) is 9.59 Å². The van der Waals surface area contributed by atoms with E-state index in [1.807, 2.05) is 0 Å². The maximum absolute atomic E-state index is 12.7. The van der Waals surface area contributed by atoms with Crippen LogP contribution in [0.25, 0.3) is 0 Å². The summed E-state index contributed by atoms with van der Waals surface area (Å²) in [5.74, 6) is 0.385. The van der Waals surface area contributed by atoms with Crippen LogP contribution in [0.15, 0.2) is 41.5 Å². The number of hydrogen-bond donors (Lipinski definition) is 0. The summed E-state index contributed by atoms with van der Waals surface area (Å²) >= 11 is 0. The van der Waals surface area contributed by atoms with Crippen LogP contribution < -0.4 is 0 Å². The molecule has 6 rings (SSSR count). The Bertz CT molecular complexity index is 841. The van der Waals surface area contributed by atoms with E-state index in [1.165, 1.54) is 18.3 Å². The number of nitro benzene ring substituents is 1. The topological polar surface area (TPSA) is 92.9 Å². The first-order valence-corrected chi connectivity index (χ1v) is 8.41. The maximum atomic E-state index is 12.7. The number of nitro groups is 1. The number of rotatable bonds is 3. The molecule has 126 valence electrons. The SMILES string of the molecule is O=C1[C@H]2[C@@H]3C=C[C@H]([C@H]4C[C@H]34)[C@@H]2C(=O)N1/N=C\c1cccc([N+](=O)[O-])c1. The van der Waals surface area contributed by atoms with Crippen molar-refractivity contribution in [2.75, 3.05) is 0 Å². The molecular formula is C18H15N3O4. The van der Waals surface area contributed by atoms with Gasteiger partial charge in [0, 0.05) is 17.7 Å². The first-order valence-electron chi connectivity index (χ1n) is 8.41. The van der Waals surface area contributed by atoms with Crippen LogP contribution >= 0.6 is 0 Å². The predicted molar refractivity (Wildman–Crippen MR) is 87.2 cm³/mol. The van der Waals surface area contributed by atoms with Gasteiger partial charge in [-0.25, -0.2) is 0 Å². The summed E-state index contributed by atoms with van der Waals surface area (Å²) in [7, 11) is 0. The summed E-state index contributed by atoms with van der Waals surface area (Å²) in [6.45, 7) is 0. The summed E-state index contributed by atoms with van der Waals surface area (Å²) in [5, 5.41) is 15.9. The van der Waals surface area contributed by atoms with E-state index < -0.39 is 4.92 Å². The van der Waals surface area contributed by atoms with Gasteiger partial charge in [-0.1, -0.05) is 24.3 Å². The Labute approximate surface area is 143 Å². The number of non-ortho nitro benzene ring substituents is 1.